The lowest BCUT2D eigenvalue weighted by molar-refractivity contribution is -0.141. The number of hydrogen-bond acceptors (Lipinski definition) is 6. The average Bonchev–Trinajstić information content (AvgIpc) is 3.83. The maximum atomic E-state index is 11.9. The number of carbonyl (C=O) groups is 2. The van der Waals surface area contributed by atoms with E-state index in [1.165, 1.54) is 58.7 Å². The van der Waals surface area contributed by atoms with Gasteiger partial charge in [-0.3, -0.25) is 9.59 Å². The van der Waals surface area contributed by atoms with Crippen LogP contribution < -0.4 is 9.80 Å². The number of rotatable bonds is 12. The Morgan fingerprint density at radius 3 is 1.22 bits per heavy atom. The molecule has 9 rings (SSSR count). The molecule has 0 atom stereocenters. The lowest BCUT2D eigenvalue weighted by atomic mass is 10.0. The molecule has 0 heterocycles. The van der Waals surface area contributed by atoms with Gasteiger partial charge >= 0.3 is 11.9 Å². The van der Waals surface area contributed by atoms with E-state index in [1.54, 1.807) is 0 Å². The van der Waals surface area contributed by atoms with Gasteiger partial charge in [-0.2, -0.15) is 0 Å². The smallest absolute Gasteiger partial charge is 0.305 e. The molecule has 6 nitrogen and oxygen atoms in total. The highest BCUT2D eigenvalue weighted by Gasteiger charge is 2.24. The van der Waals surface area contributed by atoms with E-state index in [-0.39, 0.29) is 11.9 Å². The molecule has 0 aliphatic heterocycles. The van der Waals surface area contributed by atoms with Crippen molar-refractivity contribution < 1.29 is 19.1 Å². The number of nitrogens with zero attached hydrogens (tertiary/aromatic N) is 2. The highest BCUT2D eigenvalue weighted by atomic mass is 16.5. The Bertz CT molecular complexity index is 2470. The fraction of sp³-hybridized carbons (Fsp3) is 0.154. The topological polar surface area (TPSA) is 59.1 Å². The minimum atomic E-state index is -0.213. The van der Waals surface area contributed by atoms with Crippen LogP contribution in [0.25, 0.3) is 22.3 Å². The number of fused-ring (bicyclic) bond motifs is 6. The van der Waals surface area contributed by atoms with Crippen molar-refractivity contribution in [2.24, 2.45) is 0 Å². The van der Waals surface area contributed by atoms with E-state index in [0.717, 1.165) is 58.1 Å². The number of hydrogen-bond donors (Lipinski definition) is 0. The monoisotopic (exact) mass is 760 g/mol. The van der Waals surface area contributed by atoms with Gasteiger partial charge in [0, 0.05) is 47.0 Å². The zero-order chi connectivity index (χ0) is 39.6. The van der Waals surface area contributed by atoms with Crippen molar-refractivity contribution in [2.75, 3.05) is 24.0 Å². The molecular weight excluding hydrogens is 717 g/mol. The van der Waals surface area contributed by atoms with Gasteiger partial charge < -0.3 is 19.3 Å². The first-order chi connectivity index (χ1) is 28.4. The first-order valence-corrected chi connectivity index (χ1v) is 19.9. The van der Waals surface area contributed by atoms with Crippen LogP contribution in [0.3, 0.4) is 0 Å². The van der Waals surface area contributed by atoms with Crippen molar-refractivity contribution in [1.82, 2.24) is 0 Å². The normalized spacial score (nSPS) is 11.9. The summed E-state index contributed by atoms with van der Waals surface area (Å²) in [5.74, 6) is -0.426. The minimum absolute atomic E-state index is 0.213. The summed E-state index contributed by atoms with van der Waals surface area (Å²) in [6.07, 6.45) is 3.69. The highest BCUT2D eigenvalue weighted by Crippen LogP contribution is 2.45. The summed E-state index contributed by atoms with van der Waals surface area (Å²) in [6, 6.07) is 56.7. The van der Waals surface area contributed by atoms with Crippen molar-refractivity contribution in [1.29, 1.82) is 0 Å². The van der Waals surface area contributed by atoms with E-state index < -0.39 is 0 Å². The van der Waals surface area contributed by atoms with Gasteiger partial charge in [-0.15, -0.1) is 0 Å². The quantitative estimate of drug-likeness (QED) is 0.116. The minimum Gasteiger partial charge on any atom is -0.469 e. The van der Waals surface area contributed by atoms with Gasteiger partial charge in [-0.25, -0.2) is 0 Å². The Morgan fingerprint density at radius 1 is 0.414 bits per heavy atom. The van der Waals surface area contributed by atoms with E-state index in [4.69, 9.17) is 9.47 Å². The molecule has 0 bridgehead atoms. The fourth-order valence-electron chi connectivity index (χ4n) is 8.53. The maximum absolute atomic E-state index is 11.9. The van der Waals surface area contributed by atoms with Crippen LogP contribution in [0.4, 0.5) is 34.1 Å². The van der Waals surface area contributed by atoms with E-state index in [1.807, 2.05) is 0 Å². The van der Waals surface area contributed by atoms with Crippen molar-refractivity contribution in [3.63, 3.8) is 0 Å². The molecule has 0 aromatic heterocycles. The second kappa shape index (κ2) is 15.9. The molecular formula is C52H44N2O4. The molecule has 0 fully saturated rings. The third-order valence-electron chi connectivity index (χ3n) is 11.5. The summed E-state index contributed by atoms with van der Waals surface area (Å²) in [5, 5.41) is 0. The second-order valence-corrected chi connectivity index (χ2v) is 15.0. The number of ether oxygens (including phenoxy) is 2. The van der Waals surface area contributed by atoms with Crippen LogP contribution in [0.5, 0.6) is 0 Å². The largest absolute Gasteiger partial charge is 0.469 e. The summed E-state index contributed by atoms with van der Waals surface area (Å²) in [4.78, 5) is 28.5. The van der Waals surface area contributed by atoms with Crippen LogP contribution in [0, 0.1) is 0 Å². The summed E-state index contributed by atoms with van der Waals surface area (Å²) >= 11 is 0. The second-order valence-electron chi connectivity index (χ2n) is 15.0. The van der Waals surface area contributed by atoms with Gasteiger partial charge in [0.1, 0.15) is 0 Å². The van der Waals surface area contributed by atoms with Crippen molar-refractivity contribution in [3.8, 4) is 22.3 Å². The van der Waals surface area contributed by atoms with Gasteiger partial charge in [0.2, 0.25) is 0 Å². The van der Waals surface area contributed by atoms with Crippen LogP contribution in [-0.2, 0) is 44.7 Å². The molecule has 7 aromatic rings. The maximum Gasteiger partial charge on any atom is 0.305 e. The van der Waals surface area contributed by atoms with E-state index >= 15 is 0 Å². The van der Waals surface area contributed by atoms with E-state index in [9.17, 15) is 9.59 Å². The first kappa shape index (κ1) is 36.7. The predicted molar refractivity (Wildman–Crippen MR) is 233 cm³/mol. The molecule has 0 saturated heterocycles. The molecule has 0 amide bonds. The fourth-order valence-corrected chi connectivity index (χ4v) is 8.53. The van der Waals surface area contributed by atoms with E-state index in [2.05, 4.69) is 168 Å². The lowest BCUT2D eigenvalue weighted by Gasteiger charge is -2.30. The zero-order valence-corrected chi connectivity index (χ0v) is 32.8. The average molecular weight is 761 g/mol. The Kier molecular flexibility index (Phi) is 10.1. The van der Waals surface area contributed by atoms with Gasteiger partial charge in [-0.1, -0.05) is 91.0 Å². The Morgan fingerprint density at radius 2 is 0.793 bits per heavy atom. The number of benzene rings is 7. The van der Waals surface area contributed by atoms with Crippen LogP contribution in [-0.4, -0.2) is 26.2 Å². The van der Waals surface area contributed by atoms with Crippen molar-refractivity contribution >= 4 is 46.1 Å². The van der Waals surface area contributed by atoms with Crippen LogP contribution in [0.15, 0.2) is 158 Å². The molecule has 286 valence electrons. The number of methoxy groups -OCH3 is 2. The van der Waals surface area contributed by atoms with Crippen LogP contribution in [0.2, 0.25) is 0 Å². The number of anilines is 6. The number of carbonyl (C=O) groups excluding carboxylic acids is 2. The van der Waals surface area contributed by atoms with Gasteiger partial charge in [0.05, 0.1) is 14.2 Å². The third kappa shape index (κ3) is 7.25. The molecule has 0 saturated carbocycles. The predicted octanol–water partition coefficient (Wildman–Crippen LogP) is 12.0. The summed E-state index contributed by atoms with van der Waals surface area (Å²) in [5.41, 5.74) is 18.9. The van der Waals surface area contributed by atoms with Crippen LogP contribution >= 0.6 is 0 Å². The van der Waals surface area contributed by atoms with Crippen molar-refractivity contribution in [3.05, 3.63) is 191 Å². The Balaban J connectivity index is 1.13. The zero-order valence-electron chi connectivity index (χ0n) is 32.8. The number of aryl methyl sites for hydroxylation is 2. The molecule has 0 spiro atoms. The molecule has 58 heavy (non-hydrogen) atoms. The van der Waals surface area contributed by atoms with Gasteiger partial charge in [0.15, 0.2) is 0 Å². The molecule has 7 aromatic carbocycles. The summed E-state index contributed by atoms with van der Waals surface area (Å²) < 4.78 is 9.80. The molecule has 0 radical (unpaired) electrons. The molecule has 6 heteroatoms. The Labute approximate surface area is 339 Å². The van der Waals surface area contributed by atoms with Gasteiger partial charge in [-0.05, 0) is 148 Å². The Hall–Kier alpha value is -6.92. The molecule has 0 N–H and O–H groups in total. The highest BCUT2D eigenvalue weighted by molar-refractivity contribution is 5.87. The summed E-state index contributed by atoms with van der Waals surface area (Å²) in [7, 11) is 2.86. The van der Waals surface area contributed by atoms with Crippen molar-refractivity contribution in [2.45, 2.75) is 38.5 Å². The molecule has 2 aliphatic rings. The first-order valence-electron chi connectivity index (χ1n) is 19.9. The van der Waals surface area contributed by atoms with E-state index in [0.29, 0.717) is 25.7 Å². The van der Waals surface area contributed by atoms with Crippen LogP contribution in [0.1, 0.15) is 46.2 Å². The SMILES string of the molecule is COC(=O)CCc1ccc(N(c2cccc(N(c3ccc(CCC(=O)OC)cc3)c3ccc4c(c3)Cc3ccccc3-4)c2)c2ccc3c(c2)Cc2ccccc2-3)cc1. The summed E-state index contributed by atoms with van der Waals surface area (Å²) in [6.45, 7) is 0. The molecule has 2 aliphatic carbocycles. The third-order valence-corrected chi connectivity index (χ3v) is 11.5. The lowest BCUT2D eigenvalue weighted by Crippen LogP contribution is -2.14. The number of esters is 2. The standard InChI is InChI=1S/C52H44N2O4/c1-57-51(55)28-18-35-14-20-41(21-15-35)53(45-24-26-49-39(32-45)30-37-8-3-5-12-47(37)49)43-10-7-11-44(34-43)54(42-22-16-36(17-23-42)19-29-52(56)58-2)46-25-27-50-40(33-46)31-38-9-4-6-13-48(38)50/h3-17,20-27,32-34H,18-19,28-31H2,1-2H3. The van der Waals surface area contributed by atoms with Gasteiger partial charge in [0.25, 0.3) is 0 Å². The molecule has 0 unspecified atom stereocenters.